The van der Waals surface area contributed by atoms with E-state index in [0.29, 0.717) is 25.6 Å². The predicted molar refractivity (Wildman–Crippen MR) is 112 cm³/mol. The smallest absolute Gasteiger partial charge is 0.250 e. The molecule has 1 aromatic carbocycles. The van der Waals surface area contributed by atoms with Crippen molar-refractivity contribution in [2.75, 3.05) is 46.4 Å². The number of benzene rings is 1. The predicted octanol–water partition coefficient (Wildman–Crippen LogP) is 2.24. The lowest BCUT2D eigenvalue weighted by atomic mass is 9.90. The molecule has 2 amide bonds. The second-order valence-electron chi connectivity index (χ2n) is 8.51. The van der Waals surface area contributed by atoms with E-state index in [-0.39, 0.29) is 11.8 Å². The maximum atomic E-state index is 13.6. The van der Waals surface area contributed by atoms with E-state index < -0.39 is 6.04 Å². The van der Waals surface area contributed by atoms with Gasteiger partial charge in [-0.3, -0.25) is 14.5 Å². The van der Waals surface area contributed by atoms with Crippen LogP contribution in [0.25, 0.3) is 0 Å². The summed E-state index contributed by atoms with van der Waals surface area (Å²) in [5.41, 5.74) is 1.95. The first-order valence-electron chi connectivity index (χ1n) is 11.1. The highest BCUT2D eigenvalue weighted by Gasteiger charge is 2.40. The van der Waals surface area contributed by atoms with Crippen LogP contribution in [0.15, 0.2) is 24.3 Å². The fourth-order valence-corrected chi connectivity index (χ4v) is 5.17. The number of amides is 2. The molecule has 1 unspecified atom stereocenters. The first-order chi connectivity index (χ1) is 14.2. The molecule has 0 aromatic heterocycles. The zero-order chi connectivity index (χ0) is 20.2. The van der Waals surface area contributed by atoms with Crippen molar-refractivity contribution in [3.63, 3.8) is 0 Å². The number of fused-ring (bicyclic) bond motifs is 1. The topological polar surface area (TPSA) is 53.1 Å². The Morgan fingerprint density at radius 2 is 1.79 bits per heavy atom. The minimum absolute atomic E-state index is 0.0138. The van der Waals surface area contributed by atoms with Crippen LogP contribution >= 0.6 is 0 Å². The van der Waals surface area contributed by atoms with Crippen molar-refractivity contribution in [3.8, 4) is 0 Å². The molecule has 0 N–H and O–H groups in total. The van der Waals surface area contributed by atoms with Gasteiger partial charge in [-0.05, 0) is 24.0 Å². The van der Waals surface area contributed by atoms with Gasteiger partial charge in [-0.1, -0.05) is 43.5 Å². The normalized spacial score (nSPS) is 23.9. The van der Waals surface area contributed by atoms with Crippen LogP contribution in [-0.2, 0) is 20.7 Å². The second-order valence-corrected chi connectivity index (χ2v) is 8.51. The molecule has 0 radical (unpaired) electrons. The number of carbonyl (C=O) groups excluding carboxylic acids is 2. The van der Waals surface area contributed by atoms with Crippen LogP contribution in [0, 0.1) is 0 Å². The average Bonchev–Trinajstić information content (AvgIpc) is 2.77. The molecule has 1 aliphatic carbocycles. The maximum absolute atomic E-state index is 13.6. The van der Waals surface area contributed by atoms with Gasteiger partial charge in [0.15, 0.2) is 0 Å². The third kappa shape index (κ3) is 4.33. The SMILES string of the molecule is COCCN1C(=O)Cc2ccccc2C1C(=O)N1CCN(C2CCCCC2)CC1. The molecule has 2 fully saturated rings. The van der Waals surface area contributed by atoms with Gasteiger partial charge >= 0.3 is 0 Å². The number of carbonyl (C=O) groups is 2. The summed E-state index contributed by atoms with van der Waals surface area (Å²) in [7, 11) is 1.63. The molecule has 1 aromatic rings. The molecule has 3 aliphatic rings. The molecule has 158 valence electrons. The molecule has 1 atom stereocenters. The fraction of sp³-hybridized carbons (Fsp3) is 0.652. The number of nitrogens with zero attached hydrogens (tertiary/aromatic N) is 3. The van der Waals surface area contributed by atoms with E-state index >= 15 is 0 Å². The summed E-state index contributed by atoms with van der Waals surface area (Å²) in [4.78, 5) is 32.7. The molecular formula is C23H33N3O3. The lowest BCUT2D eigenvalue weighted by Crippen LogP contribution is -2.56. The highest BCUT2D eigenvalue weighted by atomic mass is 16.5. The van der Waals surface area contributed by atoms with Gasteiger partial charge in [0, 0.05) is 45.9 Å². The summed E-state index contributed by atoms with van der Waals surface area (Å²) in [6, 6.07) is 8.05. The van der Waals surface area contributed by atoms with Crippen LogP contribution in [-0.4, -0.2) is 79.0 Å². The molecule has 0 spiro atoms. The van der Waals surface area contributed by atoms with Crippen LogP contribution in [0.4, 0.5) is 0 Å². The molecule has 1 saturated carbocycles. The summed E-state index contributed by atoms with van der Waals surface area (Å²) in [6.45, 7) is 4.27. The number of methoxy groups -OCH3 is 1. The summed E-state index contributed by atoms with van der Waals surface area (Å²) in [6.07, 6.45) is 6.98. The van der Waals surface area contributed by atoms with Crippen molar-refractivity contribution >= 4 is 11.8 Å². The fourth-order valence-electron chi connectivity index (χ4n) is 5.17. The largest absolute Gasteiger partial charge is 0.383 e. The molecule has 29 heavy (non-hydrogen) atoms. The minimum atomic E-state index is -0.524. The second kappa shape index (κ2) is 9.26. The molecule has 2 aliphatic heterocycles. The van der Waals surface area contributed by atoms with E-state index in [1.165, 1.54) is 32.1 Å². The highest BCUT2D eigenvalue weighted by Crippen LogP contribution is 2.32. The van der Waals surface area contributed by atoms with Crippen molar-refractivity contribution in [2.45, 2.75) is 50.6 Å². The number of rotatable bonds is 5. The van der Waals surface area contributed by atoms with Crippen molar-refractivity contribution < 1.29 is 14.3 Å². The lowest BCUT2D eigenvalue weighted by molar-refractivity contribution is -0.149. The summed E-state index contributed by atoms with van der Waals surface area (Å²) < 4.78 is 5.21. The Labute approximate surface area is 173 Å². The molecule has 1 saturated heterocycles. The van der Waals surface area contributed by atoms with E-state index in [4.69, 9.17) is 4.74 Å². The van der Waals surface area contributed by atoms with Gasteiger partial charge in [0.05, 0.1) is 13.0 Å². The molecule has 6 nitrogen and oxygen atoms in total. The summed E-state index contributed by atoms with van der Waals surface area (Å²) in [5, 5.41) is 0. The number of ether oxygens (including phenoxy) is 1. The third-order valence-electron chi connectivity index (χ3n) is 6.81. The Balaban J connectivity index is 1.49. The first-order valence-corrected chi connectivity index (χ1v) is 11.1. The Bertz CT molecular complexity index is 724. The van der Waals surface area contributed by atoms with E-state index in [1.54, 1.807) is 12.0 Å². The van der Waals surface area contributed by atoms with Crippen molar-refractivity contribution in [1.29, 1.82) is 0 Å². The zero-order valence-electron chi connectivity index (χ0n) is 17.5. The zero-order valence-corrected chi connectivity index (χ0v) is 17.5. The van der Waals surface area contributed by atoms with Crippen LogP contribution in [0.2, 0.25) is 0 Å². The van der Waals surface area contributed by atoms with Gasteiger partial charge in [-0.15, -0.1) is 0 Å². The number of hydrogen-bond donors (Lipinski definition) is 0. The van der Waals surface area contributed by atoms with Crippen LogP contribution in [0.5, 0.6) is 0 Å². The molecule has 4 rings (SSSR count). The van der Waals surface area contributed by atoms with Crippen LogP contribution < -0.4 is 0 Å². The molecule has 0 bridgehead atoms. The highest BCUT2D eigenvalue weighted by molar-refractivity contribution is 5.92. The van der Waals surface area contributed by atoms with Gasteiger partial charge < -0.3 is 14.5 Å². The van der Waals surface area contributed by atoms with Crippen LogP contribution in [0.3, 0.4) is 0 Å². The first kappa shape index (κ1) is 20.4. The maximum Gasteiger partial charge on any atom is 0.250 e. The monoisotopic (exact) mass is 399 g/mol. The van der Waals surface area contributed by atoms with Gasteiger partial charge in [-0.25, -0.2) is 0 Å². The van der Waals surface area contributed by atoms with E-state index in [0.717, 1.165) is 37.3 Å². The summed E-state index contributed by atoms with van der Waals surface area (Å²) >= 11 is 0. The van der Waals surface area contributed by atoms with Crippen molar-refractivity contribution in [2.24, 2.45) is 0 Å². The quantitative estimate of drug-likeness (QED) is 0.762. The van der Waals surface area contributed by atoms with Gasteiger partial charge in [0.1, 0.15) is 6.04 Å². The van der Waals surface area contributed by atoms with Crippen molar-refractivity contribution in [3.05, 3.63) is 35.4 Å². The van der Waals surface area contributed by atoms with Gasteiger partial charge in [-0.2, -0.15) is 0 Å². The molecule has 6 heteroatoms. The Kier molecular flexibility index (Phi) is 6.50. The van der Waals surface area contributed by atoms with E-state index in [9.17, 15) is 9.59 Å². The number of piperazine rings is 1. The molecule has 2 heterocycles. The standard InChI is InChI=1S/C23H33N3O3/c1-29-16-15-26-21(27)17-18-7-5-6-10-20(18)22(26)23(28)25-13-11-24(12-14-25)19-8-3-2-4-9-19/h5-7,10,19,22H,2-4,8-9,11-17H2,1H3. The van der Waals surface area contributed by atoms with Gasteiger partial charge in [0.25, 0.3) is 0 Å². The van der Waals surface area contributed by atoms with E-state index in [2.05, 4.69) is 4.90 Å². The summed E-state index contributed by atoms with van der Waals surface area (Å²) in [5.74, 6) is 0.0739. The van der Waals surface area contributed by atoms with Gasteiger partial charge in [0.2, 0.25) is 11.8 Å². The Morgan fingerprint density at radius 1 is 1.07 bits per heavy atom. The Hall–Kier alpha value is -1.92. The lowest BCUT2D eigenvalue weighted by Gasteiger charge is -2.43. The third-order valence-corrected chi connectivity index (χ3v) is 6.81. The minimum Gasteiger partial charge on any atom is -0.383 e. The number of hydrogen-bond acceptors (Lipinski definition) is 4. The van der Waals surface area contributed by atoms with E-state index in [1.807, 2.05) is 29.2 Å². The van der Waals surface area contributed by atoms with Crippen LogP contribution in [0.1, 0.15) is 49.3 Å². The molecular weight excluding hydrogens is 366 g/mol. The average molecular weight is 400 g/mol. The Morgan fingerprint density at radius 3 is 2.52 bits per heavy atom. The van der Waals surface area contributed by atoms with Crippen molar-refractivity contribution in [1.82, 2.24) is 14.7 Å².